The smallest absolute Gasteiger partial charge is 0.223 e. The van der Waals surface area contributed by atoms with Crippen molar-refractivity contribution >= 4 is 49.4 Å². The van der Waals surface area contributed by atoms with Crippen molar-refractivity contribution in [2.24, 2.45) is 0 Å². The van der Waals surface area contributed by atoms with Crippen LogP contribution in [-0.4, -0.2) is 30.9 Å². The van der Waals surface area contributed by atoms with E-state index < -0.39 is 0 Å². The van der Waals surface area contributed by atoms with Crippen LogP contribution in [0.5, 0.6) is 0 Å². The molecule has 0 bridgehead atoms. The first kappa shape index (κ1) is 20.8. The van der Waals surface area contributed by atoms with E-state index in [1.807, 2.05) is 48.3 Å². The van der Waals surface area contributed by atoms with Crippen molar-refractivity contribution < 1.29 is 4.79 Å². The molecule has 1 N–H and O–H groups in total. The van der Waals surface area contributed by atoms with Gasteiger partial charge in [-0.05, 0) is 67.4 Å². The van der Waals surface area contributed by atoms with E-state index in [9.17, 15) is 4.79 Å². The van der Waals surface area contributed by atoms with Gasteiger partial charge in [-0.2, -0.15) is 0 Å². The molecule has 3 nitrogen and oxygen atoms in total. The fraction of sp³-hybridized carbons (Fsp3) is 0.381. The van der Waals surface area contributed by atoms with Gasteiger partial charge in [0.2, 0.25) is 5.91 Å². The summed E-state index contributed by atoms with van der Waals surface area (Å²) in [5, 5.41) is 4.14. The first-order valence-electron chi connectivity index (χ1n) is 9.04. The van der Waals surface area contributed by atoms with Gasteiger partial charge >= 0.3 is 0 Å². The molecule has 6 heteroatoms. The lowest BCUT2D eigenvalue weighted by molar-refractivity contribution is -0.132. The molecule has 3 rings (SSSR count). The third-order valence-corrected chi connectivity index (χ3v) is 6.41. The second-order valence-corrected chi connectivity index (χ2v) is 9.51. The Morgan fingerprint density at radius 2 is 1.81 bits per heavy atom. The first-order chi connectivity index (χ1) is 12.9. The molecule has 0 radical (unpaired) electrons. The lowest BCUT2D eigenvalue weighted by Crippen LogP contribution is -2.43. The van der Waals surface area contributed by atoms with Crippen molar-refractivity contribution in [2.75, 3.05) is 20.1 Å². The van der Waals surface area contributed by atoms with Gasteiger partial charge in [-0.25, -0.2) is 0 Å². The van der Waals surface area contributed by atoms with Gasteiger partial charge in [-0.3, -0.25) is 4.79 Å². The van der Waals surface area contributed by atoms with Gasteiger partial charge in [0.1, 0.15) is 0 Å². The summed E-state index contributed by atoms with van der Waals surface area (Å²) in [5.41, 5.74) is 2.11. The predicted octanol–water partition coefficient (Wildman–Crippen LogP) is 5.53. The van der Waals surface area contributed by atoms with E-state index in [1.54, 1.807) is 0 Å². The maximum Gasteiger partial charge on any atom is 0.223 e. The number of nitrogens with one attached hydrogen (secondary N) is 1. The Morgan fingerprint density at radius 3 is 2.44 bits per heavy atom. The third kappa shape index (κ3) is 5.35. The standard InChI is InChI=1S/C21H23Br2ClN2O/c1-26(14-15-9-17(22)12-18(23)10-15)20(27)13-21(5-7-25-8-6-21)16-3-2-4-19(24)11-16/h2-4,9-12,25H,5-8,13-14H2,1H3. The third-order valence-electron chi connectivity index (χ3n) is 5.26. The minimum Gasteiger partial charge on any atom is -0.341 e. The molecule has 1 amide bonds. The molecular weight excluding hydrogens is 492 g/mol. The number of carbonyl (C=O) groups excluding carboxylic acids is 1. The summed E-state index contributed by atoms with van der Waals surface area (Å²) in [4.78, 5) is 14.9. The summed E-state index contributed by atoms with van der Waals surface area (Å²) in [6.45, 7) is 2.42. The van der Waals surface area contributed by atoms with Crippen LogP contribution in [0.1, 0.15) is 30.4 Å². The molecule has 0 aromatic heterocycles. The Bertz CT molecular complexity index is 801. The largest absolute Gasteiger partial charge is 0.341 e. The van der Waals surface area contributed by atoms with Gasteiger partial charge in [-0.1, -0.05) is 55.6 Å². The van der Waals surface area contributed by atoms with Crippen LogP contribution in [0.2, 0.25) is 5.02 Å². The molecule has 0 spiro atoms. The van der Waals surface area contributed by atoms with Gasteiger partial charge in [0, 0.05) is 39.4 Å². The maximum atomic E-state index is 13.1. The van der Waals surface area contributed by atoms with Crippen molar-refractivity contribution in [3.05, 3.63) is 67.6 Å². The average Bonchev–Trinajstić information content (AvgIpc) is 2.61. The maximum absolute atomic E-state index is 13.1. The molecule has 27 heavy (non-hydrogen) atoms. The summed E-state index contributed by atoms with van der Waals surface area (Å²) in [5.74, 6) is 0.160. The Labute approximate surface area is 182 Å². The summed E-state index contributed by atoms with van der Waals surface area (Å²) in [6, 6.07) is 14.1. The summed E-state index contributed by atoms with van der Waals surface area (Å²) in [7, 11) is 1.88. The fourth-order valence-corrected chi connectivity index (χ4v) is 5.36. The highest BCUT2D eigenvalue weighted by Gasteiger charge is 2.37. The monoisotopic (exact) mass is 512 g/mol. The zero-order valence-electron chi connectivity index (χ0n) is 15.3. The summed E-state index contributed by atoms with van der Waals surface area (Å²) >= 11 is 13.3. The number of nitrogens with zero attached hydrogens (tertiary/aromatic N) is 1. The van der Waals surface area contributed by atoms with Crippen molar-refractivity contribution in [1.29, 1.82) is 0 Å². The number of carbonyl (C=O) groups is 1. The second kappa shape index (κ2) is 9.08. The summed E-state index contributed by atoms with van der Waals surface area (Å²) in [6.07, 6.45) is 2.38. The SMILES string of the molecule is CN(Cc1cc(Br)cc(Br)c1)C(=O)CC1(c2cccc(Cl)c2)CCNCC1. The van der Waals surface area contributed by atoms with Crippen LogP contribution in [0, 0.1) is 0 Å². The number of benzene rings is 2. The lowest BCUT2D eigenvalue weighted by atomic mass is 9.70. The van der Waals surface area contributed by atoms with Crippen LogP contribution < -0.4 is 5.32 Å². The Hall–Kier alpha value is -0.880. The fourth-order valence-electron chi connectivity index (χ4n) is 3.78. The number of hydrogen-bond acceptors (Lipinski definition) is 2. The van der Waals surface area contributed by atoms with Crippen molar-refractivity contribution in [1.82, 2.24) is 10.2 Å². The highest BCUT2D eigenvalue weighted by atomic mass is 79.9. The molecular formula is C21H23Br2ClN2O. The Balaban J connectivity index is 1.78. The zero-order valence-corrected chi connectivity index (χ0v) is 19.2. The molecule has 1 aliphatic heterocycles. The molecule has 2 aromatic rings. The topological polar surface area (TPSA) is 32.3 Å². The van der Waals surface area contributed by atoms with Gasteiger partial charge < -0.3 is 10.2 Å². The molecule has 0 saturated carbocycles. The number of hydrogen-bond donors (Lipinski definition) is 1. The predicted molar refractivity (Wildman–Crippen MR) is 118 cm³/mol. The van der Waals surface area contributed by atoms with E-state index in [4.69, 9.17) is 11.6 Å². The van der Waals surface area contributed by atoms with Crippen LogP contribution in [0.25, 0.3) is 0 Å². The van der Waals surface area contributed by atoms with Crippen molar-refractivity contribution in [3.8, 4) is 0 Å². The zero-order chi connectivity index (χ0) is 19.4. The minimum absolute atomic E-state index is 0.153. The van der Waals surface area contributed by atoms with Crippen LogP contribution >= 0.6 is 43.5 Å². The lowest BCUT2D eigenvalue weighted by Gasteiger charge is -2.39. The highest BCUT2D eigenvalue weighted by Crippen LogP contribution is 2.38. The number of amides is 1. The van der Waals surface area contributed by atoms with Gasteiger partial charge in [0.05, 0.1) is 0 Å². The molecule has 2 aromatic carbocycles. The van der Waals surface area contributed by atoms with E-state index >= 15 is 0 Å². The second-order valence-electron chi connectivity index (χ2n) is 7.24. The Kier molecular flexibility index (Phi) is 7.01. The van der Waals surface area contributed by atoms with Crippen molar-refractivity contribution in [3.63, 3.8) is 0 Å². The molecule has 1 fully saturated rings. The van der Waals surface area contributed by atoms with E-state index in [2.05, 4.69) is 43.2 Å². The van der Waals surface area contributed by atoms with E-state index in [1.165, 1.54) is 5.56 Å². The highest BCUT2D eigenvalue weighted by molar-refractivity contribution is 9.11. The molecule has 1 heterocycles. The molecule has 1 aliphatic rings. The van der Waals surface area contributed by atoms with E-state index in [0.29, 0.717) is 13.0 Å². The first-order valence-corrected chi connectivity index (χ1v) is 11.0. The Morgan fingerprint density at radius 1 is 1.15 bits per heavy atom. The molecule has 1 saturated heterocycles. The quantitative estimate of drug-likeness (QED) is 0.569. The number of halogens is 3. The van der Waals surface area contributed by atoms with E-state index in [-0.39, 0.29) is 11.3 Å². The molecule has 0 unspecified atom stereocenters. The van der Waals surface area contributed by atoms with Crippen LogP contribution in [0.3, 0.4) is 0 Å². The molecule has 0 aliphatic carbocycles. The van der Waals surface area contributed by atoms with Gasteiger partial charge in [0.25, 0.3) is 0 Å². The minimum atomic E-state index is -0.153. The molecule has 144 valence electrons. The number of piperidine rings is 1. The average molecular weight is 515 g/mol. The number of rotatable bonds is 5. The van der Waals surface area contributed by atoms with Crippen LogP contribution in [0.4, 0.5) is 0 Å². The van der Waals surface area contributed by atoms with E-state index in [0.717, 1.165) is 45.5 Å². The summed E-state index contributed by atoms with van der Waals surface area (Å²) < 4.78 is 2.00. The van der Waals surface area contributed by atoms with Gasteiger partial charge in [0.15, 0.2) is 0 Å². The van der Waals surface area contributed by atoms with Crippen molar-refractivity contribution in [2.45, 2.75) is 31.2 Å². The van der Waals surface area contributed by atoms with Crippen LogP contribution in [-0.2, 0) is 16.8 Å². The normalized spacial score (nSPS) is 16.1. The van der Waals surface area contributed by atoms with Gasteiger partial charge in [-0.15, -0.1) is 0 Å². The molecule has 0 atom stereocenters. The van der Waals surface area contributed by atoms with Crippen LogP contribution in [0.15, 0.2) is 51.4 Å².